The number of ether oxygens (including phenoxy) is 1. The summed E-state index contributed by atoms with van der Waals surface area (Å²) in [6.07, 6.45) is 0.800. The summed E-state index contributed by atoms with van der Waals surface area (Å²) in [6, 6.07) is 0.423. The Kier molecular flexibility index (Phi) is 6.33. The smallest absolute Gasteiger partial charge is 0.0615 e. The summed E-state index contributed by atoms with van der Waals surface area (Å²) in [5.41, 5.74) is -0.569. The molecule has 0 fully saturated rings. The van der Waals surface area contributed by atoms with E-state index in [9.17, 15) is 5.11 Å². The third-order valence-electron chi connectivity index (χ3n) is 2.45. The average molecular weight is 203 g/mol. The molecule has 0 radical (unpaired) electrons. The lowest BCUT2D eigenvalue weighted by atomic mass is 10.1. The Labute approximate surface area is 88.1 Å². The third kappa shape index (κ3) is 6.35. The van der Waals surface area contributed by atoms with Gasteiger partial charge in [0.05, 0.1) is 12.2 Å². The second-order valence-corrected chi connectivity index (χ2v) is 4.50. The van der Waals surface area contributed by atoms with Gasteiger partial charge in [-0.15, -0.1) is 0 Å². The van der Waals surface area contributed by atoms with Crippen molar-refractivity contribution in [3.8, 4) is 0 Å². The molecule has 0 aromatic rings. The van der Waals surface area contributed by atoms with Gasteiger partial charge in [-0.2, -0.15) is 0 Å². The maximum absolute atomic E-state index is 9.62. The van der Waals surface area contributed by atoms with Crippen LogP contribution in [0.4, 0.5) is 0 Å². The Morgan fingerprint density at radius 2 is 2.00 bits per heavy atom. The fraction of sp³-hybridized carbons (Fsp3) is 1.00. The molecule has 3 heteroatoms. The van der Waals surface area contributed by atoms with Crippen LogP contribution < -0.4 is 0 Å². The highest BCUT2D eigenvalue weighted by molar-refractivity contribution is 4.71. The van der Waals surface area contributed by atoms with Crippen molar-refractivity contribution < 1.29 is 9.84 Å². The SMILES string of the molecule is CCN(CCC(C)(C)O)C(C)COC. The van der Waals surface area contributed by atoms with Gasteiger partial charge >= 0.3 is 0 Å². The molecule has 0 spiro atoms. The van der Waals surface area contributed by atoms with Crippen LogP contribution in [0.15, 0.2) is 0 Å². The van der Waals surface area contributed by atoms with Gasteiger partial charge in [0.15, 0.2) is 0 Å². The Bertz CT molecular complexity index is 143. The number of methoxy groups -OCH3 is 1. The summed E-state index contributed by atoms with van der Waals surface area (Å²) in [6.45, 7) is 10.7. The molecule has 0 aromatic heterocycles. The molecule has 0 aromatic carbocycles. The van der Waals surface area contributed by atoms with Crippen molar-refractivity contribution in [2.75, 3.05) is 26.8 Å². The first-order valence-corrected chi connectivity index (χ1v) is 5.36. The maximum Gasteiger partial charge on any atom is 0.0615 e. The van der Waals surface area contributed by atoms with Gasteiger partial charge in [0.1, 0.15) is 0 Å². The van der Waals surface area contributed by atoms with Crippen LogP contribution in [0.2, 0.25) is 0 Å². The number of hydrogen-bond donors (Lipinski definition) is 1. The molecule has 0 saturated carbocycles. The Morgan fingerprint density at radius 3 is 2.36 bits per heavy atom. The summed E-state index contributed by atoms with van der Waals surface area (Å²) >= 11 is 0. The van der Waals surface area contributed by atoms with Gasteiger partial charge in [-0.3, -0.25) is 4.90 Å². The van der Waals surface area contributed by atoms with Crippen molar-refractivity contribution in [1.82, 2.24) is 4.90 Å². The third-order valence-corrected chi connectivity index (χ3v) is 2.45. The molecule has 14 heavy (non-hydrogen) atoms. The highest BCUT2D eigenvalue weighted by atomic mass is 16.5. The van der Waals surface area contributed by atoms with Gasteiger partial charge in [0, 0.05) is 19.7 Å². The van der Waals surface area contributed by atoms with Crippen LogP contribution in [0, 0.1) is 0 Å². The van der Waals surface area contributed by atoms with Gasteiger partial charge in [-0.05, 0) is 33.7 Å². The lowest BCUT2D eigenvalue weighted by Crippen LogP contribution is -2.39. The summed E-state index contributed by atoms with van der Waals surface area (Å²) in [7, 11) is 1.72. The largest absolute Gasteiger partial charge is 0.390 e. The van der Waals surface area contributed by atoms with E-state index in [1.807, 2.05) is 13.8 Å². The average Bonchev–Trinajstić information content (AvgIpc) is 2.03. The molecule has 0 aliphatic rings. The van der Waals surface area contributed by atoms with Crippen LogP contribution >= 0.6 is 0 Å². The van der Waals surface area contributed by atoms with Crippen LogP contribution in [0.3, 0.4) is 0 Å². The van der Waals surface area contributed by atoms with E-state index in [2.05, 4.69) is 18.7 Å². The highest BCUT2D eigenvalue weighted by Gasteiger charge is 2.17. The number of nitrogens with zero attached hydrogens (tertiary/aromatic N) is 1. The normalized spacial score (nSPS) is 14.8. The number of hydrogen-bond acceptors (Lipinski definition) is 3. The molecule has 86 valence electrons. The Morgan fingerprint density at radius 1 is 1.43 bits per heavy atom. The minimum Gasteiger partial charge on any atom is -0.390 e. The van der Waals surface area contributed by atoms with Crippen LogP contribution in [0.5, 0.6) is 0 Å². The minimum atomic E-state index is -0.569. The fourth-order valence-corrected chi connectivity index (χ4v) is 1.45. The zero-order chi connectivity index (χ0) is 11.2. The molecule has 1 unspecified atom stereocenters. The summed E-state index contributed by atoms with van der Waals surface area (Å²) in [4.78, 5) is 2.32. The molecule has 0 rings (SSSR count). The lowest BCUT2D eigenvalue weighted by Gasteiger charge is -2.29. The summed E-state index contributed by atoms with van der Waals surface area (Å²) in [5, 5.41) is 9.62. The van der Waals surface area contributed by atoms with Crippen molar-refractivity contribution in [3.05, 3.63) is 0 Å². The van der Waals surface area contributed by atoms with Crippen LogP contribution in [-0.2, 0) is 4.74 Å². The summed E-state index contributed by atoms with van der Waals surface area (Å²) in [5.74, 6) is 0. The molecule has 1 atom stereocenters. The van der Waals surface area contributed by atoms with E-state index in [0.29, 0.717) is 6.04 Å². The van der Waals surface area contributed by atoms with Gasteiger partial charge < -0.3 is 9.84 Å². The first-order valence-electron chi connectivity index (χ1n) is 5.36. The van der Waals surface area contributed by atoms with E-state index in [1.54, 1.807) is 7.11 Å². The molecule has 0 aliphatic heterocycles. The lowest BCUT2D eigenvalue weighted by molar-refractivity contribution is 0.0420. The van der Waals surface area contributed by atoms with Crippen molar-refractivity contribution in [2.45, 2.75) is 45.8 Å². The van der Waals surface area contributed by atoms with E-state index in [1.165, 1.54) is 0 Å². The molecule has 3 nitrogen and oxygen atoms in total. The monoisotopic (exact) mass is 203 g/mol. The standard InChI is InChI=1S/C11H25NO2/c1-6-12(10(2)9-14-5)8-7-11(3,4)13/h10,13H,6-9H2,1-5H3. The van der Waals surface area contributed by atoms with Crippen molar-refractivity contribution >= 4 is 0 Å². The Hall–Kier alpha value is -0.120. The molecule has 0 aliphatic carbocycles. The zero-order valence-electron chi connectivity index (χ0n) is 10.2. The molecule has 0 saturated heterocycles. The zero-order valence-corrected chi connectivity index (χ0v) is 10.2. The molecular formula is C11H25NO2. The molecule has 0 heterocycles. The molecule has 1 N–H and O–H groups in total. The Balaban J connectivity index is 3.90. The minimum absolute atomic E-state index is 0.423. The van der Waals surface area contributed by atoms with E-state index in [4.69, 9.17) is 4.74 Å². The van der Waals surface area contributed by atoms with Gasteiger partial charge in [0.2, 0.25) is 0 Å². The first-order chi connectivity index (χ1) is 6.40. The molecular weight excluding hydrogens is 178 g/mol. The van der Waals surface area contributed by atoms with Gasteiger partial charge in [-0.1, -0.05) is 6.92 Å². The molecule has 0 bridgehead atoms. The first kappa shape index (κ1) is 13.9. The number of likely N-dealkylation sites (N-methyl/N-ethyl adjacent to an activating group) is 1. The van der Waals surface area contributed by atoms with E-state index < -0.39 is 5.60 Å². The van der Waals surface area contributed by atoms with Crippen LogP contribution in [-0.4, -0.2) is 48.5 Å². The van der Waals surface area contributed by atoms with Gasteiger partial charge in [-0.25, -0.2) is 0 Å². The predicted molar refractivity (Wildman–Crippen MR) is 59.5 cm³/mol. The molecule has 0 amide bonds. The van der Waals surface area contributed by atoms with E-state index in [0.717, 1.165) is 26.1 Å². The maximum atomic E-state index is 9.62. The fourth-order valence-electron chi connectivity index (χ4n) is 1.45. The second kappa shape index (κ2) is 6.38. The van der Waals surface area contributed by atoms with Crippen molar-refractivity contribution in [3.63, 3.8) is 0 Å². The van der Waals surface area contributed by atoms with Crippen molar-refractivity contribution in [2.24, 2.45) is 0 Å². The predicted octanol–water partition coefficient (Wildman–Crippen LogP) is 1.50. The van der Waals surface area contributed by atoms with Crippen LogP contribution in [0.25, 0.3) is 0 Å². The van der Waals surface area contributed by atoms with E-state index in [-0.39, 0.29) is 0 Å². The van der Waals surface area contributed by atoms with E-state index >= 15 is 0 Å². The highest BCUT2D eigenvalue weighted by Crippen LogP contribution is 2.10. The number of rotatable bonds is 7. The van der Waals surface area contributed by atoms with Crippen molar-refractivity contribution in [1.29, 1.82) is 0 Å². The quantitative estimate of drug-likeness (QED) is 0.680. The number of aliphatic hydroxyl groups is 1. The topological polar surface area (TPSA) is 32.7 Å². The van der Waals surface area contributed by atoms with Crippen LogP contribution in [0.1, 0.15) is 34.1 Å². The van der Waals surface area contributed by atoms with Gasteiger partial charge in [0.25, 0.3) is 0 Å². The second-order valence-electron chi connectivity index (χ2n) is 4.50. The summed E-state index contributed by atoms with van der Waals surface area (Å²) < 4.78 is 5.11.